The van der Waals surface area contributed by atoms with Crippen molar-refractivity contribution in [2.75, 3.05) is 0 Å². The Morgan fingerprint density at radius 3 is 2.32 bits per heavy atom. The Hall–Kier alpha value is -3.25. The minimum Gasteiger partial charge on any atom is -0.395 e. The zero-order valence-corrected chi connectivity index (χ0v) is 16.7. The number of nitrogens with two attached hydrogens (primary N) is 1. The molecule has 0 saturated heterocycles. The van der Waals surface area contributed by atoms with Crippen molar-refractivity contribution in [3.05, 3.63) is 83.4 Å². The highest BCUT2D eigenvalue weighted by atomic mass is 19.3. The molecule has 0 amide bonds. The molecule has 4 nitrogen and oxygen atoms in total. The monoisotopic (exact) mass is 421 g/mol. The summed E-state index contributed by atoms with van der Waals surface area (Å²) in [4.78, 5) is 13.2. The average molecular weight is 421 g/mol. The number of halogens is 2. The Kier molecular flexibility index (Phi) is 4.55. The first-order valence-corrected chi connectivity index (χ1v) is 10.2. The van der Waals surface area contributed by atoms with Crippen LogP contribution in [-0.4, -0.2) is 12.1 Å². The van der Waals surface area contributed by atoms with Crippen molar-refractivity contribution in [2.45, 2.75) is 37.5 Å². The molecule has 0 atom stereocenters. The maximum absolute atomic E-state index is 13.3. The molecular formula is C25H21F2NO3. The maximum Gasteiger partial charge on any atom is 0.586 e. The number of carbonyl (C=O) groups excluding carboxylic acids is 1. The molecule has 158 valence electrons. The molecular weight excluding hydrogens is 400 g/mol. The molecule has 3 aromatic rings. The average Bonchev–Trinajstić information content (AvgIpc) is 3.51. The second-order valence-corrected chi connectivity index (χ2v) is 8.11. The molecule has 5 rings (SSSR count). The number of benzene rings is 3. The largest absolute Gasteiger partial charge is 0.586 e. The minimum atomic E-state index is -3.66. The summed E-state index contributed by atoms with van der Waals surface area (Å²) in [5.74, 6) is 0.0450. The van der Waals surface area contributed by atoms with Gasteiger partial charge in [0.2, 0.25) is 0 Å². The van der Waals surface area contributed by atoms with Gasteiger partial charge in [0.1, 0.15) is 5.78 Å². The fraction of sp³-hybridized carbons (Fsp3) is 0.240. The van der Waals surface area contributed by atoms with Crippen LogP contribution in [0.3, 0.4) is 0 Å². The molecule has 0 aromatic heterocycles. The van der Waals surface area contributed by atoms with E-state index in [0.717, 1.165) is 22.3 Å². The number of fused-ring (bicyclic) bond motifs is 1. The predicted molar refractivity (Wildman–Crippen MR) is 112 cm³/mol. The highest BCUT2D eigenvalue weighted by Gasteiger charge is 2.52. The summed E-state index contributed by atoms with van der Waals surface area (Å²) in [6, 6.07) is 20.6. The van der Waals surface area contributed by atoms with Gasteiger partial charge < -0.3 is 15.2 Å². The van der Waals surface area contributed by atoms with E-state index >= 15 is 0 Å². The van der Waals surface area contributed by atoms with Crippen LogP contribution in [0.25, 0.3) is 11.1 Å². The zero-order chi connectivity index (χ0) is 21.6. The Balaban J connectivity index is 1.36. The molecule has 1 fully saturated rings. The van der Waals surface area contributed by atoms with Crippen molar-refractivity contribution in [3.8, 4) is 22.6 Å². The number of rotatable bonds is 6. The fourth-order valence-electron chi connectivity index (χ4n) is 4.15. The fourth-order valence-corrected chi connectivity index (χ4v) is 4.15. The Bertz CT molecular complexity index is 1150. The summed E-state index contributed by atoms with van der Waals surface area (Å²) < 4.78 is 35.7. The molecule has 1 heterocycles. The maximum atomic E-state index is 13.3. The second kappa shape index (κ2) is 7.17. The number of hydrogen-bond donors (Lipinski definition) is 1. The first kappa shape index (κ1) is 19.7. The molecule has 1 aliphatic carbocycles. The molecule has 2 aliphatic rings. The first-order chi connectivity index (χ1) is 14.9. The lowest BCUT2D eigenvalue weighted by molar-refractivity contribution is -0.286. The number of hydrogen-bond acceptors (Lipinski definition) is 4. The summed E-state index contributed by atoms with van der Waals surface area (Å²) in [6.45, 7) is 0.494. The molecule has 0 spiro atoms. The third-order valence-corrected chi connectivity index (χ3v) is 6.05. The molecule has 0 bridgehead atoms. The van der Waals surface area contributed by atoms with Gasteiger partial charge in [-0.15, -0.1) is 8.78 Å². The lowest BCUT2D eigenvalue weighted by Gasteiger charge is -2.15. The van der Waals surface area contributed by atoms with Crippen LogP contribution in [0.5, 0.6) is 11.5 Å². The lowest BCUT2D eigenvalue weighted by Crippen LogP contribution is -2.26. The van der Waals surface area contributed by atoms with E-state index in [-0.39, 0.29) is 23.7 Å². The van der Waals surface area contributed by atoms with Crippen LogP contribution in [0.1, 0.15) is 29.5 Å². The van der Waals surface area contributed by atoms with Crippen LogP contribution in [0.15, 0.2) is 66.7 Å². The molecule has 2 N–H and O–H groups in total. The van der Waals surface area contributed by atoms with Crippen molar-refractivity contribution in [1.82, 2.24) is 0 Å². The summed E-state index contributed by atoms with van der Waals surface area (Å²) in [7, 11) is 0. The van der Waals surface area contributed by atoms with Gasteiger partial charge in [0, 0.05) is 13.0 Å². The van der Waals surface area contributed by atoms with E-state index in [1.165, 1.54) is 12.1 Å². The number of carbonyl (C=O) groups is 1. The second-order valence-electron chi connectivity index (χ2n) is 8.11. The molecule has 31 heavy (non-hydrogen) atoms. The van der Waals surface area contributed by atoms with E-state index in [1.54, 1.807) is 6.07 Å². The van der Waals surface area contributed by atoms with E-state index in [1.807, 2.05) is 48.5 Å². The molecule has 1 aliphatic heterocycles. The van der Waals surface area contributed by atoms with Crippen LogP contribution in [0.2, 0.25) is 0 Å². The molecule has 0 unspecified atom stereocenters. The highest BCUT2D eigenvalue weighted by Crippen LogP contribution is 2.52. The van der Waals surface area contributed by atoms with Crippen LogP contribution in [0.4, 0.5) is 8.78 Å². The van der Waals surface area contributed by atoms with Crippen LogP contribution >= 0.6 is 0 Å². The van der Waals surface area contributed by atoms with Crippen molar-refractivity contribution in [2.24, 2.45) is 5.73 Å². The topological polar surface area (TPSA) is 61.6 Å². The Morgan fingerprint density at radius 2 is 1.61 bits per heavy atom. The molecule has 1 saturated carbocycles. The number of alkyl halides is 2. The normalized spacial score (nSPS) is 17.4. The van der Waals surface area contributed by atoms with Gasteiger partial charge in [0.15, 0.2) is 11.5 Å². The van der Waals surface area contributed by atoms with Gasteiger partial charge in [0.05, 0.1) is 5.41 Å². The van der Waals surface area contributed by atoms with Gasteiger partial charge in [-0.3, -0.25) is 4.79 Å². The minimum absolute atomic E-state index is 0.00893. The van der Waals surface area contributed by atoms with Gasteiger partial charge in [-0.25, -0.2) is 0 Å². The van der Waals surface area contributed by atoms with Crippen molar-refractivity contribution < 1.29 is 23.0 Å². The zero-order valence-electron chi connectivity index (χ0n) is 16.7. The summed E-state index contributed by atoms with van der Waals surface area (Å²) in [5.41, 5.74) is 9.80. The third kappa shape index (κ3) is 3.68. The van der Waals surface area contributed by atoms with Crippen molar-refractivity contribution in [1.29, 1.82) is 0 Å². The molecule has 6 heteroatoms. The predicted octanol–water partition coefficient (Wildman–Crippen LogP) is 4.98. The lowest BCUT2D eigenvalue weighted by atomic mass is 9.87. The quantitative estimate of drug-likeness (QED) is 0.610. The van der Waals surface area contributed by atoms with Gasteiger partial charge in [-0.05, 0) is 52.8 Å². The Morgan fingerprint density at radius 1 is 0.871 bits per heavy atom. The number of Topliss-reactive ketones (excluding diaryl/α,β-unsaturated/α-hetero) is 1. The van der Waals surface area contributed by atoms with E-state index in [0.29, 0.717) is 24.9 Å². The standard InChI is InChI=1S/C25H21F2NO3/c26-25(27)30-21-9-8-20(14-22(21)31-25)24(10-11-24)23(29)13-17-2-1-3-19(12-17)18-6-4-16(15-28)5-7-18/h1-9,12,14H,10-11,13,15,28H2. The third-order valence-electron chi connectivity index (χ3n) is 6.05. The van der Waals surface area contributed by atoms with Crippen LogP contribution in [0, 0.1) is 0 Å². The van der Waals surface area contributed by atoms with Gasteiger partial charge in [0.25, 0.3) is 0 Å². The smallest absolute Gasteiger partial charge is 0.395 e. The van der Waals surface area contributed by atoms with E-state index in [4.69, 9.17) is 5.73 Å². The summed E-state index contributed by atoms with van der Waals surface area (Å²) >= 11 is 0. The van der Waals surface area contributed by atoms with Gasteiger partial charge in [-0.2, -0.15) is 0 Å². The van der Waals surface area contributed by atoms with Crippen LogP contribution in [-0.2, 0) is 23.2 Å². The summed E-state index contributed by atoms with van der Waals surface area (Å²) in [5, 5.41) is 0. The Labute approximate surface area is 178 Å². The number of ketones is 1. The molecule has 0 radical (unpaired) electrons. The van der Waals surface area contributed by atoms with Gasteiger partial charge in [-0.1, -0.05) is 54.6 Å². The van der Waals surface area contributed by atoms with Crippen molar-refractivity contribution >= 4 is 5.78 Å². The number of ether oxygens (including phenoxy) is 2. The van der Waals surface area contributed by atoms with Crippen LogP contribution < -0.4 is 15.2 Å². The SMILES string of the molecule is NCc1ccc(-c2cccc(CC(=O)C3(c4ccc5c(c4)OC(F)(F)O5)CC3)c2)cc1. The van der Waals surface area contributed by atoms with Crippen molar-refractivity contribution in [3.63, 3.8) is 0 Å². The van der Waals surface area contributed by atoms with E-state index in [9.17, 15) is 13.6 Å². The molecule has 3 aromatic carbocycles. The van der Waals surface area contributed by atoms with Gasteiger partial charge >= 0.3 is 6.29 Å². The summed E-state index contributed by atoms with van der Waals surface area (Å²) in [6.07, 6.45) is -1.99. The highest BCUT2D eigenvalue weighted by molar-refractivity contribution is 5.95. The van der Waals surface area contributed by atoms with E-state index < -0.39 is 11.7 Å². The first-order valence-electron chi connectivity index (χ1n) is 10.2. The van der Waals surface area contributed by atoms with E-state index in [2.05, 4.69) is 9.47 Å².